The van der Waals surface area contributed by atoms with Gasteiger partial charge in [-0.05, 0) is 49.8 Å². The highest BCUT2D eigenvalue weighted by atomic mass is 16.4. The van der Waals surface area contributed by atoms with Gasteiger partial charge in [-0.25, -0.2) is 0 Å². The lowest BCUT2D eigenvalue weighted by atomic mass is 9.81. The van der Waals surface area contributed by atoms with E-state index in [2.05, 4.69) is 12.2 Å². The van der Waals surface area contributed by atoms with E-state index in [0.717, 1.165) is 18.5 Å². The maximum atomic E-state index is 12.2. The first-order valence-electron chi connectivity index (χ1n) is 7.72. The lowest BCUT2D eigenvalue weighted by Crippen LogP contribution is -2.29. The summed E-state index contributed by atoms with van der Waals surface area (Å²) in [5.41, 5.74) is 2.10. The number of aryl methyl sites for hydroxylation is 1. The molecule has 2 rings (SSSR count). The number of carboxylic acids is 1. The van der Waals surface area contributed by atoms with Crippen LogP contribution >= 0.6 is 0 Å². The average Bonchev–Trinajstić information content (AvgIpc) is 2.49. The maximum absolute atomic E-state index is 12.2. The zero-order valence-electron chi connectivity index (χ0n) is 12.5. The Balaban J connectivity index is 1.85. The average molecular weight is 289 g/mol. The predicted molar refractivity (Wildman–Crippen MR) is 82.2 cm³/mol. The molecule has 21 heavy (non-hydrogen) atoms. The molecule has 0 atom stereocenters. The van der Waals surface area contributed by atoms with Crippen molar-refractivity contribution >= 4 is 17.6 Å². The molecule has 1 fully saturated rings. The summed E-state index contributed by atoms with van der Waals surface area (Å²) in [5.74, 6) is -1.05. The Kier molecular flexibility index (Phi) is 5.37. The molecule has 0 radical (unpaired) electrons. The minimum absolute atomic E-state index is 0.0158. The minimum Gasteiger partial charge on any atom is -0.481 e. The monoisotopic (exact) mass is 289 g/mol. The highest BCUT2D eigenvalue weighted by Gasteiger charge is 2.29. The van der Waals surface area contributed by atoms with Crippen LogP contribution in [-0.2, 0) is 16.0 Å². The summed E-state index contributed by atoms with van der Waals surface area (Å²) in [4.78, 5) is 23.1. The minimum atomic E-state index is -0.736. The van der Waals surface area contributed by atoms with Crippen LogP contribution in [0.4, 0.5) is 5.69 Å². The summed E-state index contributed by atoms with van der Waals surface area (Å²) < 4.78 is 0. The molecule has 0 saturated heterocycles. The van der Waals surface area contributed by atoms with Gasteiger partial charge in [0, 0.05) is 11.6 Å². The van der Waals surface area contributed by atoms with Crippen LogP contribution in [0.15, 0.2) is 24.3 Å². The van der Waals surface area contributed by atoms with Gasteiger partial charge in [-0.15, -0.1) is 0 Å². The van der Waals surface area contributed by atoms with Crippen molar-refractivity contribution in [3.8, 4) is 0 Å². The predicted octanol–water partition coefficient (Wildman–Crippen LogP) is 3.47. The smallest absolute Gasteiger partial charge is 0.306 e. The molecule has 1 aliphatic rings. The number of carbonyl (C=O) groups is 2. The third kappa shape index (κ3) is 4.31. The van der Waals surface area contributed by atoms with Crippen LogP contribution in [0.1, 0.15) is 44.6 Å². The molecule has 4 nitrogen and oxygen atoms in total. The fourth-order valence-corrected chi connectivity index (χ4v) is 2.89. The van der Waals surface area contributed by atoms with E-state index in [1.54, 1.807) is 0 Å². The van der Waals surface area contributed by atoms with Crippen LogP contribution in [-0.4, -0.2) is 17.0 Å². The van der Waals surface area contributed by atoms with Gasteiger partial charge in [0.2, 0.25) is 5.91 Å². The van der Waals surface area contributed by atoms with Crippen molar-refractivity contribution in [3.63, 3.8) is 0 Å². The maximum Gasteiger partial charge on any atom is 0.306 e. The molecular weight excluding hydrogens is 266 g/mol. The lowest BCUT2D eigenvalue weighted by molar-refractivity contribution is -0.143. The molecule has 0 spiro atoms. The van der Waals surface area contributed by atoms with Crippen molar-refractivity contribution in [1.82, 2.24) is 0 Å². The van der Waals surface area contributed by atoms with Gasteiger partial charge in [0.15, 0.2) is 0 Å². The molecule has 0 aromatic heterocycles. The third-order valence-corrected chi connectivity index (χ3v) is 4.21. The lowest BCUT2D eigenvalue weighted by Gasteiger charge is -2.25. The van der Waals surface area contributed by atoms with Crippen LogP contribution in [0.2, 0.25) is 0 Å². The van der Waals surface area contributed by atoms with Gasteiger partial charge in [-0.3, -0.25) is 9.59 Å². The SMILES string of the molecule is CCCc1ccc(NC(=O)C2CCC(C(=O)O)CC2)cc1. The van der Waals surface area contributed by atoms with Crippen LogP contribution in [0.25, 0.3) is 0 Å². The summed E-state index contributed by atoms with van der Waals surface area (Å²) in [7, 11) is 0. The second kappa shape index (κ2) is 7.25. The van der Waals surface area contributed by atoms with Crippen molar-refractivity contribution < 1.29 is 14.7 Å². The Hall–Kier alpha value is -1.84. The molecule has 1 amide bonds. The van der Waals surface area contributed by atoms with Gasteiger partial charge in [0.1, 0.15) is 0 Å². The van der Waals surface area contributed by atoms with Crippen molar-refractivity contribution in [2.75, 3.05) is 5.32 Å². The molecule has 0 heterocycles. The largest absolute Gasteiger partial charge is 0.481 e. The molecular formula is C17H23NO3. The summed E-state index contributed by atoms with van der Waals surface area (Å²) in [5, 5.41) is 11.9. The standard InChI is InChI=1S/C17H23NO3/c1-2-3-12-4-10-15(11-5-12)18-16(19)13-6-8-14(9-7-13)17(20)21/h4-5,10-11,13-14H,2-3,6-9H2,1H3,(H,18,19)(H,20,21). The first-order valence-corrected chi connectivity index (χ1v) is 7.72. The number of carboxylic acid groups (broad SMARTS) is 1. The van der Waals surface area contributed by atoms with Gasteiger partial charge < -0.3 is 10.4 Å². The van der Waals surface area contributed by atoms with Crippen molar-refractivity contribution in [1.29, 1.82) is 0 Å². The van der Waals surface area contributed by atoms with Crippen LogP contribution in [0.3, 0.4) is 0 Å². The van der Waals surface area contributed by atoms with E-state index >= 15 is 0 Å². The zero-order valence-corrected chi connectivity index (χ0v) is 12.5. The fraction of sp³-hybridized carbons (Fsp3) is 0.529. The Morgan fingerprint density at radius 3 is 2.19 bits per heavy atom. The van der Waals surface area contributed by atoms with Gasteiger partial charge >= 0.3 is 5.97 Å². The zero-order chi connectivity index (χ0) is 15.2. The second-order valence-electron chi connectivity index (χ2n) is 5.82. The van der Waals surface area contributed by atoms with E-state index in [1.807, 2.05) is 24.3 Å². The van der Waals surface area contributed by atoms with Crippen LogP contribution < -0.4 is 5.32 Å². The molecule has 4 heteroatoms. The number of anilines is 1. The molecule has 0 aliphatic heterocycles. The van der Waals surface area contributed by atoms with Gasteiger partial charge in [-0.2, -0.15) is 0 Å². The first kappa shape index (κ1) is 15.5. The van der Waals surface area contributed by atoms with Crippen molar-refractivity contribution in [3.05, 3.63) is 29.8 Å². The number of hydrogen-bond donors (Lipinski definition) is 2. The Bertz CT molecular complexity index is 487. The number of carbonyl (C=O) groups excluding carboxylic acids is 1. The second-order valence-corrected chi connectivity index (χ2v) is 5.82. The molecule has 1 saturated carbocycles. The Labute approximate surface area is 125 Å². The van der Waals surface area contributed by atoms with Gasteiger partial charge in [0.05, 0.1) is 5.92 Å². The third-order valence-electron chi connectivity index (χ3n) is 4.21. The highest BCUT2D eigenvalue weighted by molar-refractivity contribution is 5.92. The first-order chi connectivity index (χ1) is 10.1. The van der Waals surface area contributed by atoms with Crippen LogP contribution in [0.5, 0.6) is 0 Å². The highest BCUT2D eigenvalue weighted by Crippen LogP contribution is 2.29. The van der Waals surface area contributed by atoms with Crippen LogP contribution in [0, 0.1) is 11.8 Å². The van der Waals surface area contributed by atoms with E-state index in [-0.39, 0.29) is 17.7 Å². The molecule has 1 aromatic carbocycles. The van der Waals surface area contributed by atoms with E-state index in [0.29, 0.717) is 25.7 Å². The van der Waals surface area contributed by atoms with Crippen molar-refractivity contribution in [2.45, 2.75) is 45.4 Å². The van der Waals surface area contributed by atoms with Crippen molar-refractivity contribution in [2.24, 2.45) is 11.8 Å². The quantitative estimate of drug-likeness (QED) is 0.872. The topological polar surface area (TPSA) is 66.4 Å². The summed E-state index contributed by atoms with van der Waals surface area (Å²) >= 11 is 0. The molecule has 0 bridgehead atoms. The molecule has 1 aromatic rings. The summed E-state index contributed by atoms with van der Waals surface area (Å²) in [6.07, 6.45) is 4.69. The van der Waals surface area contributed by atoms with E-state index < -0.39 is 5.97 Å². The molecule has 0 unspecified atom stereocenters. The Morgan fingerprint density at radius 2 is 1.67 bits per heavy atom. The number of benzene rings is 1. The fourth-order valence-electron chi connectivity index (χ4n) is 2.89. The summed E-state index contributed by atoms with van der Waals surface area (Å²) in [6, 6.07) is 7.96. The van der Waals surface area contributed by atoms with E-state index in [9.17, 15) is 9.59 Å². The Morgan fingerprint density at radius 1 is 1.10 bits per heavy atom. The molecule has 114 valence electrons. The number of rotatable bonds is 5. The number of amides is 1. The summed E-state index contributed by atoms with van der Waals surface area (Å²) in [6.45, 7) is 2.14. The number of nitrogens with one attached hydrogen (secondary N) is 1. The molecule has 2 N–H and O–H groups in total. The molecule has 1 aliphatic carbocycles. The van der Waals surface area contributed by atoms with E-state index in [4.69, 9.17) is 5.11 Å². The number of hydrogen-bond acceptors (Lipinski definition) is 2. The van der Waals surface area contributed by atoms with E-state index in [1.165, 1.54) is 5.56 Å². The normalized spacial score (nSPS) is 21.8. The van der Waals surface area contributed by atoms with Gasteiger partial charge in [0.25, 0.3) is 0 Å². The number of aliphatic carboxylic acids is 1. The van der Waals surface area contributed by atoms with Gasteiger partial charge in [-0.1, -0.05) is 25.5 Å².